The van der Waals surface area contributed by atoms with E-state index in [0.29, 0.717) is 12.2 Å². The number of nitrogens with zero attached hydrogens (tertiary/aromatic N) is 2. The van der Waals surface area contributed by atoms with Gasteiger partial charge < -0.3 is 16.4 Å². The number of hydrogen-bond donors (Lipinski definition) is 2. The van der Waals surface area contributed by atoms with Gasteiger partial charge in [0.1, 0.15) is 5.82 Å². The van der Waals surface area contributed by atoms with Crippen molar-refractivity contribution in [3.63, 3.8) is 0 Å². The number of rotatable bonds is 5. The van der Waals surface area contributed by atoms with Gasteiger partial charge in [-0.25, -0.2) is 9.38 Å². The lowest BCUT2D eigenvalue weighted by Crippen LogP contribution is -2.23. The Bertz CT molecular complexity index is 395. The van der Waals surface area contributed by atoms with Crippen LogP contribution >= 0.6 is 0 Å². The van der Waals surface area contributed by atoms with Gasteiger partial charge >= 0.3 is 0 Å². The lowest BCUT2D eigenvalue weighted by atomic mass is 10.2. The molecule has 1 aromatic rings. The molecule has 0 amide bonds. The molecule has 0 heterocycles. The molecule has 0 bridgehead atoms. The van der Waals surface area contributed by atoms with E-state index in [4.69, 9.17) is 11.5 Å². The second-order valence-electron chi connectivity index (χ2n) is 3.70. The van der Waals surface area contributed by atoms with Crippen molar-refractivity contribution in [2.75, 3.05) is 18.0 Å². The summed E-state index contributed by atoms with van der Waals surface area (Å²) in [5, 5.41) is 0. The highest BCUT2D eigenvalue weighted by Gasteiger charge is 2.08. The van der Waals surface area contributed by atoms with Crippen LogP contribution in [0.25, 0.3) is 0 Å². The maximum Gasteiger partial charge on any atom is 0.186 e. The zero-order valence-corrected chi connectivity index (χ0v) is 10.3. The average molecular weight is 238 g/mol. The molecule has 4 nitrogen and oxygen atoms in total. The Labute approximate surface area is 101 Å². The molecular weight excluding hydrogens is 219 g/mol. The van der Waals surface area contributed by atoms with Gasteiger partial charge in [-0.15, -0.1) is 0 Å². The number of hydrogen-bond acceptors (Lipinski definition) is 2. The molecule has 0 saturated carbocycles. The van der Waals surface area contributed by atoms with Gasteiger partial charge in [-0.2, -0.15) is 0 Å². The summed E-state index contributed by atoms with van der Waals surface area (Å²) in [6.45, 7) is 5.85. The summed E-state index contributed by atoms with van der Waals surface area (Å²) in [5.74, 6) is -0.227. The number of aliphatic imine (C=N–C) groups is 1. The van der Waals surface area contributed by atoms with Crippen LogP contribution < -0.4 is 16.4 Å². The first-order chi connectivity index (χ1) is 8.08. The minimum Gasteiger partial charge on any atom is -0.370 e. The van der Waals surface area contributed by atoms with Crippen molar-refractivity contribution in [3.8, 4) is 0 Å². The molecule has 0 unspecified atom stereocenters. The Hall–Kier alpha value is -1.78. The number of nitrogens with two attached hydrogens (primary N) is 2. The molecule has 1 aromatic carbocycles. The van der Waals surface area contributed by atoms with Crippen molar-refractivity contribution in [2.45, 2.75) is 20.4 Å². The van der Waals surface area contributed by atoms with Gasteiger partial charge in [-0.3, -0.25) is 0 Å². The van der Waals surface area contributed by atoms with Crippen LogP contribution in [0.2, 0.25) is 0 Å². The summed E-state index contributed by atoms with van der Waals surface area (Å²) in [4.78, 5) is 5.80. The summed E-state index contributed by atoms with van der Waals surface area (Å²) in [5.41, 5.74) is 11.8. The Balaban J connectivity index is 2.89. The quantitative estimate of drug-likeness (QED) is 0.602. The summed E-state index contributed by atoms with van der Waals surface area (Å²) < 4.78 is 13.8. The molecule has 0 radical (unpaired) electrons. The molecule has 0 aliphatic carbocycles. The van der Waals surface area contributed by atoms with E-state index in [2.05, 4.69) is 4.99 Å². The Morgan fingerprint density at radius 3 is 2.41 bits per heavy atom. The standard InChI is InChI=1S/C12H19FN4/c1-3-17(4-2)11-6-5-9(7-10(11)13)8-16-12(14)15/h5-7H,3-4,8H2,1-2H3,(H4,14,15,16). The smallest absolute Gasteiger partial charge is 0.186 e. The number of benzene rings is 1. The van der Waals surface area contributed by atoms with Gasteiger partial charge in [0.2, 0.25) is 0 Å². The molecule has 0 aliphatic heterocycles. The van der Waals surface area contributed by atoms with Crippen LogP contribution in [0.15, 0.2) is 23.2 Å². The van der Waals surface area contributed by atoms with Crippen LogP contribution in [-0.2, 0) is 6.54 Å². The number of anilines is 1. The summed E-state index contributed by atoms with van der Waals surface area (Å²) >= 11 is 0. The summed E-state index contributed by atoms with van der Waals surface area (Å²) in [6, 6.07) is 5.07. The molecule has 17 heavy (non-hydrogen) atoms. The fourth-order valence-electron chi connectivity index (χ4n) is 1.65. The first kappa shape index (κ1) is 13.3. The van der Waals surface area contributed by atoms with Crippen molar-refractivity contribution in [2.24, 2.45) is 16.5 Å². The Morgan fingerprint density at radius 1 is 1.29 bits per heavy atom. The normalized spacial score (nSPS) is 10.1. The maximum absolute atomic E-state index is 13.8. The van der Waals surface area contributed by atoms with Crippen LogP contribution in [0, 0.1) is 5.82 Å². The van der Waals surface area contributed by atoms with Crippen molar-refractivity contribution >= 4 is 11.6 Å². The van der Waals surface area contributed by atoms with Crippen molar-refractivity contribution in [3.05, 3.63) is 29.6 Å². The third-order valence-electron chi connectivity index (χ3n) is 2.56. The van der Waals surface area contributed by atoms with Gasteiger partial charge in [-0.05, 0) is 31.5 Å². The molecule has 94 valence electrons. The van der Waals surface area contributed by atoms with Gasteiger partial charge in [0, 0.05) is 13.1 Å². The predicted molar refractivity (Wildman–Crippen MR) is 69.5 cm³/mol. The van der Waals surface area contributed by atoms with E-state index in [1.54, 1.807) is 6.07 Å². The third kappa shape index (κ3) is 3.62. The molecular formula is C12H19FN4. The van der Waals surface area contributed by atoms with Crippen molar-refractivity contribution in [1.29, 1.82) is 0 Å². The van der Waals surface area contributed by atoms with E-state index in [9.17, 15) is 4.39 Å². The topological polar surface area (TPSA) is 67.6 Å². The molecule has 5 heteroatoms. The van der Waals surface area contributed by atoms with Crippen LogP contribution in [-0.4, -0.2) is 19.0 Å². The highest BCUT2D eigenvalue weighted by atomic mass is 19.1. The SMILES string of the molecule is CCN(CC)c1ccc(CN=C(N)N)cc1F. The lowest BCUT2D eigenvalue weighted by Gasteiger charge is -2.21. The fourth-order valence-corrected chi connectivity index (χ4v) is 1.65. The second-order valence-corrected chi connectivity index (χ2v) is 3.70. The highest BCUT2D eigenvalue weighted by molar-refractivity contribution is 5.75. The van der Waals surface area contributed by atoms with E-state index < -0.39 is 0 Å². The Kier molecular flexibility index (Phi) is 4.75. The van der Waals surface area contributed by atoms with E-state index in [1.165, 1.54) is 6.07 Å². The van der Waals surface area contributed by atoms with Crippen LogP contribution in [0.5, 0.6) is 0 Å². The van der Waals surface area contributed by atoms with Gasteiger partial charge in [-0.1, -0.05) is 6.07 Å². The number of guanidine groups is 1. The molecule has 4 N–H and O–H groups in total. The van der Waals surface area contributed by atoms with Gasteiger partial charge in [0.25, 0.3) is 0 Å². The van der Waals surface area contributed by atoms with E-state index in [0.717, 1.165) is 18.7 Å². The fraction of sp³-hybridized carbons (Fsp3) is 0.417. The lowest BCUT2D eigenvalue weighted by molar-refractivity contribution is 0.618. The summed E-state index contributed by atoms with van der Waals surface area (Å²) in [6.07, 6.45) is 0. The molecule has 0 fully saturated rings. The number of halogens is 1. The van der Waals surface area contributed by atoms with Crippen LogP contribution in [0.4, 0.5) is 10.1 Å². The van der Waals surface area contributed by atoms with E-state index >= 15 is 0 Å². The van der Waals surface area contributed by atoms with E-state index in [1.807, 2.05) is 24.8 Å². The molecule has 0 spiro atoms. The molecule has 1 rings (SSSR count). The highest BCUT2D eigenvalue weighted by Crippen LogP contribution is 2.20. The maximum atomic E-state index is 13.8. The monoisotopic (exact) mass is 238 g/mol. The second kappa shape index (κ2) is 6.08. The zero-order chi connectivity index (χ0) is 12.8. The first-order valence-corrected chi connectivity index (χ1v) is 5.67. The summed E-state index contributed by atoms with van der Waals surface area (Å²) in [7, 11) is 0. The van der Waals surface area contributed by atoms with Gasteiger partial charge in [0.15, 0.2) is 5.96 Å². The largest absolute Gasteiger partial charge is 0.370 e. The van der Waals surface area contributed by atoms with Crippen LogP contribution in [0.3, 0.4) is 0 Å². The molecule has 0 aromatic heterocycles. The van der Waals surface area contributed by atoms with Gasteiger partial charge in [0.05, 0.1) is 12.2 Å². The minimum atomic E-state index is -0.239. The first-order valence-electron chi connectivity index (χ1n) is 5.67. The average Bonchev–Trinajstić information content (AvgIpc) is 2.30. The van der Waals surface area contributed by atoms with Crippen LogP contribution in [0.1, 0.15) is 19.4 Å². The van der Waals surface area contributed by atoms with Crippen molar-refractivity contribution < 1.29 is 4.39 Å². The predicted octanol–water partition coefficient (Wildman–Crippen LogP) is 1.45. The molecule has 0 saturated heterocycles. The molecule has 0 atom stereocenters. The molecule has 0 aliphatic rings. The minimum absolute atomic E-state index is 0.0122. The Morgan fingerprint density at radius 2 is 1.94 bits per heavy atom. The van der Waals surface area contributed by atoms with E-state index in [-0.39, 0.29) is 11.8 Å². The zero-order valence-electron chi connectivity index (χ0n) is 10.3. The third-order valence-corrected chi connectivity index (χ3v) is 2.56. The van der Waals surface area contributed by atoms with Crippen molar-refractivity contribution in [1.82, 2.24) is 0 Å².